The van der Waals surface area contributed by atoms with Crippen molar-refractivity contribution in [2.45, 2.75) is 258 Å². The topological polar surface area (TPSA) is 79.3 Å². The number of nitrogens with zero attached hydrogens (tertiary/aromatic N) is 2. The Morgan fingerprint density at radius 2 is 0.847 bits per heavy atom. The maximum atomic E-state index is 12.8. The second kappa shape index (κ2) is 42.1. The molecule has 0 heterocycles. The van der Waals surface area contributed by atoms with Gasteiger partial charge in [0.1, 0.15) is 0 Å². The molecule has 0 radical (unpaired) electrons. The van der Waals surface area contributed by atoms with Gasteiger partial charge in [-0.1, -0.05) is 175 Å². The largest absolute Gasteiger partial charge is 0.465 e. The molecule has 0 aliphatic heterocycles. The van der Waals surface area contributed by atoms with E-state index < -0.39 is 0 Å². The van der Waals surface area contributed by atoms with Gasteiger partial charge >= 0.3 is 11.9 Å². The van der Waals surface area contributed by atoms with E-state index in [1.807, 2.05) is 0 Å². The van der Waals surface area contributed by atoms with Gasteiger partial charge in [-0.3, -0.25) is 14.5 Å². The Balaban J connectivity index is 2.47. The zero-order valence-electron chi connectivity index (χ0n) is 40.1. The number of hydrogen-bond donors (Lipinski definition) is 1. The molecule has 59 heavy (non-hydrogen) atoms. The van der Waals surface area contributed by atoms with Crippen molar-refractivity contribution in [3.8, 4) is 0 Å². The van der Waals surface area contributed by atoms with Gasteiger partial charge in [0, 0.05) is 38.5 Å². The Morgan fingerprint density at radius 3 is 1.22 bits per heavy atom. The highest BCUT2D eigenvalue weighted by molar-refractivity contribution is 5.69. The smallest absolute Gasteiger partial charge is 0.305 e. The fourth-order valence-electron chi connectivity index (χ4n) is 8.86. The second-order valence-electron chi connectivity index (χ2n) is 18.7. The van der Waals surface area contributed by atoms with Gasteiger partial charge in [-0.15, -0.1) is 0 Å². The zero-order valence-corrected chi connectivity index (χ0v) is 40.1. The van der Waals surface area contributed by atoms with Gasteiger partial charge in [0.25, 0.3) is 0 Å². The Bertz CT molecular complexity index is 856. The van der Waals surface area contributed by atoms with E-state index in [0.717, 1.165) is 71.2 Å². The highest BCUT2D eigenvalue weighted by atomic mass is 16.5. The molecular weight excluding hydrogens is 733 g/mol. The Kier molecular flexibility index (Phi) is 39.9. The van der Waals surface area contributed by atoms with Crippen LogP contribution in [0.25, 0.3) is 0 Å². The molecule has 1 aliphatic rings. The number of aliphatic hydroxyl groups excluding tert-OH is 1. The van der Waals surface area contributed by atoms with E-state index in [1.54, 1.807) is 0 Å². The Morgan fingerprint density at radius 1 is 0.475 bits per heavy atom. The van der Waals surface area contributed by atoms with Crippen LogP contribution < -0.4 is 0 Å². The third-order valence-electron chi connectivity index (χ3n) is 13.2. The van der Waals surface area contributed by atoms with Crippen LogP contribution in [0.1, 0.15) is 252 Å². The molecule has 0 aromatic rings. The van der Waals surface area contributed by atoms with Crippen molar-refractivity contribution in [1.82, 2.24) is 9.80 Å². The van der Waals surface area contributed by atoms with Gasteiger partial charge in [0.05, 0.1) is 19.8 Å². The summed E-state index contributed by atoms with van der Waals surface area (Å²) < 4.78 is 11.8. The van der Waals surface area contributed by atoms with E-state index in [1.165, 1.54) is 173 Å². The van der Waals surface area contributed by atoms with Crippen molar-refractivity contribution in [2.75, 3.05) is 52.5 Å². The molecule has 0 amide bonds. The van der Waals surface area contributed by atoms with Crippen LogP contribution in [0.4, 0.5) is 0 Å². The van der Waals surface area contributed by atoms with Gasteiger partial charge in [-0.25, -0.2) is 0 Å². The molecule has 0 bridgehead atoms. The number of rotatable bonds is 46. The van der Waals surface area contributed by atoms with Crippen LogP contribution in [0.2, 0.25) is 0 Å². The quantitative estimate of drug-likeness (QED) is 0.0483. The van der Waals surface area contributed by atoms with Crippen LogP contribution >= 0.6 is 0 Å². The Labute approximate surface area is 367 Å². The first-order chi connectivity index (χ1) is 29.0. The first kappa shape index (κ1) is 55.8. The first-order valence-corrected chi connectivity index (χ1v) is 26.4. The summed E-state index contributed by atoms with van der Waals surface area (Å²) in [6.45, 7) is 15.4. The number of carbonyl (C=O) groups excluding carboxylic acids is 2. The molecule has 1 aliphatic carbocycles. The van der Waals surface area contributed by atoms with E-state index in [2.05, 4.69) is 37.5 Å². The molecule has 350 valence electrons. The summed E-state index contributed by atoms with van der Waals surface area (Å²) in [4.78, 5) is 30.7. The predicted octanol–water partition coefficient (Wildman–Crippen LogP) is 14.0. The number of unbranched alkanes of at least 4 members (excludes halogenated alkanes) is 20. The van der Waals surface area contributed by atoms with Gasteiger partial charge < -0.3 is 19.5 Å². The average molecular weight is 835 g/mol. The fraction of sp³-hybridized carbons (Fsp3) is 0.962. The van der Waals surface area contributed by atoms with Crippen LogP contribution in [-0.2, 0) is 19.1 Å². The molecule has 1 saturated carbocycles. The van der Waals surface area contributed by atoms with Gasteiger partial charge in [0.15, 0.2) is 0 Å². The number of esters is 2. The van der Waals surface area contributed by atoms with Crippen molar-refractivity contribution in [3.05, 3.63) is 0 Å². The van der Waals surface area contributed by atoms with Crippen LogP contribution in [-0.4, -0.2) is 85.4 Å². The zero-order chi connectivity index (χ0) is 42.9. The number of hydrogen-bond acceptors (Lipinski definition) is 7. The van der Waals surface area contributed by atoms with Gasteiger partial charge in [-0.05, 0) is 89.1 Å². The number of ether oxygens (including phenoxy) is 2. The monoisotopic (exact) mass is 835 g/mol. The van der Waals surface area contributed by atoms with Crippen molar-refractivity contribution >= 4 is 11.9 Å². The van der Waals surface area contributed by atoms with Gasteiger partial charge in [0.2, 0.25) is 0 Å². The molecule has 1 fully saturated rings. The summed E-state index contributed by atoms with van der Waals surface area (Å²) in [5.74, 6) is 1.01. The van der Waals surface area contributed by atoms with E-state index in [0.29, 0.717) is 43.9 Å². The molecule has 2 unspecified atom stereocenters. The summed E-state index contributed by atoms with van der Waals surface area (Å²) in [6.07, 6.45) is 41.7. The molecule has 0 spiro atoms. The minimum atomic E-state index is -0.0117. The molecule has 7 heteroatoms. The molecule has 7 nitrogen and oxygen atoms in total. The van der Waals surface area contributed by atoms with Crippen molar-refractivity contribution in [1.29, 1.82) is 0 Å². The molecule has 0 aromatic carbocycles. The van der Waals surface area contributed by atoms with Crippen LogP contribution in [0, 0.1) is 11.8 Å². The number of aliphatic hydroxyl groups is 1. The minimum Gasteiger partial charge on any atom is -0.465 e. The van der Waals surface area contributed by atoms with E-state index in [4.69, 9.17) is 9.47 Å². The van der Waals surface area contributed by atoms with E-state index in [9.17, 15) is 14.7 Å². The first-order valence-electron chi connectivity index (χ1n) is 26.4. The molecule has 0 saturated heterocycles. The average Bonchev–Trinajstić information content (AvgIpc) is 3.21. The second-order valence-corrected chi connectivity index (χ2v) is 18.7. The van der Waals surface area contributed by atoms with Crippen LogP contribution in [0.15, 0.2) is 0 Å². The summed E-state index contributed by atoms with van der Waals surface area (Å²) in [5, 5.41) is 9.73. The predicted molar refractivity (Wildman–Crippen MR) is 252 cm³/mol. The van der Waals surface area contributed by atoms with E-state index in [-0.39, 0.29) is 18.5 Å². The summed E-state index contributed by atoms with van der Waals surface area (Å²) >= 11 is 0. The molecular formula is C52H102N2O5. The Hall–Kier alpha value is -1.18. The third-order valence-corrected chi connectivity index (χ3v) is 13.2. The van der Waals surface area contributed by atoms with Crippen LogP contribution in [0.5, 0.6) is 0 Å². The molecule has 2 atom stereocenters. The maximum absolute atomic E-state index is 12.8. The summed E-state index contributed by atoms with van der Waals surface area (Å²) in [6, 6.07) is 0.629. The lowest BCUT2D eigenvalue weighted by Crippen LogP contribution is -2.45. The number of carbonyl (C=O) groups is 2. The van der Waals surface area contributed by atoms with Crippen molar-refractivity contribution in [2.24, 2.45) is 11.8 Å². The third kappa shape index (κ3) is 34.0. The lowest BCUT2D eigenvalue weighted by molar-refractivity contribution is -0.146. The SMILES string of the molecule is CCCCCCCCC(CCCCCC)COC(=O)CCCCCN(CCCCCC(=O)OCC(CCCCCC)CCCCCCCC)CCN(CCO)C1CCC1. The minimum absolute atomic E-state index is 0.0117. The summed E-state index contributed by atoms with van der Waals surface area (Å²) in [5.41, 5.74) is 0. The highest BCUT2D eigenvalue weighted by Gasteiger charge is 2.24. The maximum Gasteiger partial charge on any atom is 0.305 e. The molecule has 0 aromatic heterocycles. The fourth-order valence-corrected chi connectivity index (χ4v) is 8.86. The van der Waals surface area contributed by atoms with E-state index >= 15 is 0 Å². The van der Waals surface area contributed by atoms with Crippen LogP contribution in [0.3, 0.4) is 0 Å². The molecule has 1 N–H and O–H groups in total. The highest BCUT2D eigenvalue weighted by Crippen LogP contribution is 2.25. The van der Waals surface area contributed by atoms with Crippen molar-refractivity contribution in [3.63, 3.8) is 0 Å². The standard InChI is InChI=1S/C52H102N2O5/c1-5-9-13-17-19-25-34-48(32-23-15-11-7-3)46-58-51(56)38-27-21-29-40-53(42-43-54(44-45-55)50-36-31-37-50)41-30-22-28-39-52(57)59-47-49(33-24-16-12-8-4)35-26-20-18-14-10-6-2/h48-50,55H,5-47H2,1-4H3. The van der Waals surface area contributed by atoms with Gasteiger partial charge in [-0.2, -0.15) is 0 Å². The van der Waals surface area contributed by atoms with Crippen molar-refractivity contribution < 1.29 is 24.2 Å². The normalized spacial score (nSPS) is 14.2. The lowest BCUT2D eigenvalue weighted by Gasteiger charge is -2.38. The lowest BCUT2D eigenvalue weighted by atomic mass is 9.91. The molecule has 1 rings (SSSR count). The summed E-state index contributed by atoms with van der Waals surface area (Å²) in [7, 11) is 0.